The van der Waals surface area contributed by atoms with Gasteiger partial charge in [-0.1, -0.05) is 36.8 Å². The molecule has 2 aromatic rings. The van der Waals surface area contributed by atoms with E-state index in [0.717, 1.165) is 42.0 Å². The fraction of sp³-hybridized carbons (Fsp3) is 0.440. The van der Waals surface area contributed by atoms with Crippen molar-refractivity contribution in [2.24, 2.45) is 5.10 Å². The highest BCUT2D eigenvalue weighted by Crippen LogP contribution is 2.36. The van der Waals surface area contributed by atoms with E-state index in [-0.39, 0.29) is 11.9 Å². The number of hydrogen-bond donors (Lipinski definition) is 0. The number of benzene rings is 2. The van der Waals surface area contributed by atoms with E-state index in [9.17, 15) is 4.79 Å². The first-order valence-corrected chi connectivity index (χ1v) is 11.0. The van der Waals surface area contributed by atoms with E-state index in [1.54, 1.807) is 19.2 Å². The molecular weight excluding hydrogens is 390 g/mol. The van der Waals surface area contributed by atoms with E-state index >= 15 is 0 Å². The Labute approximate surface area is 184 Å². The first-order valence-electron chi connectivity index (χ1n) is 11.0. The van der Waals surface area contributed by atoms with E-state index < -0.39 is 0 Å². The summed E-state index contributed by atoms with van der Waals surface area (Å²) in [5, 5.41) is 6.51. The molecule has 0 radical (unpaired) electrons. The number of amides is 1. The van der Waals surface area contributed by atoms with E-state index in [1.807, 2.05) is 36.4 Å². The Morgan fingerprint density at radius 2 is 1.90 bits per heavy atom. The van der Waals surface area contributed by atoms with Crippen molar-refractivity contribution >= 4 is 11.6 Å². The molecule has 2 heterocycles. The minimum Gasteiger partial charge on any atom is -0.497 e. The number of nitrogens with zero attached hydrogens (tertiary/aromatic N) is 3. The third kappa shape index (κ3) is 4.59. The number of carbonyl (C=O) groups is 1. The van der Waals surface area contributed by atoms with Gasteiger partial charge in [0, 0.05) is 24.1 Å². The molecule has 4 rings (SSSR count). The van der Waals surface area contributed by atoms with Gasteiger partial charge in [0.05, 0.1) is 32.5 Å². The molecule has 6 nitrogen and oxygen atoms in total. The van der Waals surface area contributed by atoms with Crippen LogP contribution in [-0.4, -0.2) is 54.9 Å². The van der Waals surface area contributed by atoms with Crippen LogP contribution >= 0.6 is 0 Å². The molecule has 1 fully saturated rings. The molecule has 164 valence electrons. The summed E-state index contributed by atoms with van der Waals surface area (Å²) in [6.07, 6.45) is 4.18. The third-order valence-electron chi connectivity index (χ3n) is 6.35. The lowest BCUT2D eigenvalue weighted by atomic mass is 9.97. The number of ether oxygens (including phenoxy) is 2. The maximum atomic E-state index is 13.4. The van der Waals surface area contributed by atoms with Crippen LogP contribution < -0.4 is 9.47 Å². The van der Waals surface area contributed by atoms with Gasteiger partial charge in [0.2, 0.25) is 0 Å². The van der Waals surface area contributed by atoms with Gasteiger partial charge in [0.1, 0.15) is 11.5 Å². The zero-order chi connectivity index (χ0) is 21.8. The molecule has 2 aliphatic rings. The number of carbonyl (C=O) groups excluding carboxylic acids is 1. The van der Waals surface area contributed by atoms with Crippen molar-refractivity contribution in [1.82, 2.24) is 9.91 Å². The van der Waals surface area contributed by atoms with Crippen molar-refractivity contribution in [1.29, 1.82) is 0 Å². The SMILES string of the molecule is COc1ccc(C2=NN(C(=O)CN3CCCC[C@@H]3C)[C@H](c3ccccc3)C2)c(OC)c1. The highest BCUT2D eigenvalue weighted by Gasteiger charge is 2.35. The predicted octanol–water partition coefficient (Wildman–Crippen LogP) is 4.26. The van der Waals surface area contributed by atoms with Crippen molar-refractivity contribution in [3.05, 3.63) is 59.7 Å². The molecule has 0 saturated carbocycles. The molecular formula is C25H31N3O3. The molecule has 0 aliphatic carbocycles. The zero-order valence-corrected chi connectivity index (χ0v) is 18.6. The fourth-order valence-corrected chi connectivity index (χ4v) is 4.51. The minimum absolute atomic E-state index is 0.0464. The molecule has 1 amide bonds. The highest BCUT2D eigenvalue weighted by atomic mass is 16.5. The average molecular weight is 422 g/mol. The molecule has 0 spiro atoms. The van der Waals surface area contributed by atoms with Crippen LogP contribution in [0.25, 0.3) is 0 Å². The molecule has 0 N–H and O–H groups in total. The van der Waals surface area contributed by atoms with Crippen LogP contribution in [0.2, 0.25) is 0 Å². The van der Waals surface area contributed by atoms with Crippen molar-refractivity contribution in [2.45, 2.75) is 44.7 Å². The second kappa shape index (κ2) is 9.52. The van der Waals surface area contributed by atoms with Crippen molar-refractivity contribution < 1.29 is 14.3 Å². The second-order valence-electron chi connectivity index (χ2n) is 8.30. The lowest BCUT2D eigenvalue weighted by molar-refractivity contribution is -0.135. The summed E-state index contributed by atoms with van der Waals surface area (Å²) in [6, 6.07) is 16.2. The van der Waals surface area contributed by atoms with Crippen LogP contribution in [0.3, 0.4) is 0 Å². The van der Waals surface area contributed by atoms with Crippen LogP contribution in [0.1, 0.15) is 49.8 Å². The van der Waals surface area contributed by atoms with Gasteiger partial charge in [0.15, 0.2) is 0 Å². The van der Waals surface area contributed by atoms with Crippen LogP contribution in [0.5, 0.6) is 11.5 Å². The summed E-state index contributed by atoms with van der Waals surface area (Å²) in [5.74, 6) is 1.47. The maximum absolute atomic E-state index is 13.4. The lowest BCUT2D eigenvalue weighted by Crippen LogP contribution is -2.44. The largest absolute Gasteiger partial charge is 0.497 e. The number of piperidine rings is 1. The van der Waals surface area contributed by atoms with Gasteiger partial charge >= 0.3 is 0 Å². The number of hydrogen-bond acceptors (Lipinski definition) is 5. The molecule has 0 aromatic heterocycles. The van der Waals surface area contributed by atoms with Gasteiger partial charge in [-0.05, 0) is 44.0 Å². The van der Waals surface area contributed by atoms with Gasteiger partial charge in [-0.25, -0.2) is 5.01 Å². The average Bonchev–Trinajstić information content (AvgIpc) is 3.26. The van der Waals surface area contributed by atoms with Gasteiger partial charge in [0.25, 0.3) is 5.91 Å². The molecule has 6 heteroatoms. The Morgan fingerprint density at radius 3 is 2.61 bits per heavy atom. The number of likely N-dealkylation sites (tertiary alicyclic amines) is 1. The molecule has 0 bridgehead atoms. The maximum Gasteiger partial charge on any atom is 0.257 e. The summed E-state index contributed by atoms with van der Waals surface area (Å²) >= 11 is 0. The molecule has 0 unspecified atom stereocenters. The fourth-order valence-electron chi connectivity index (χ4n) is 4.51. The first-order chi connectivity index (χ1) is 15.1. The standard InChI is InChI=1S/C25H31N3O3/c1-18-9-7-8-14-27(18)17-25(29)28-23(19-10-5-4-6-11-19)16-22(26-28)21-13-12-20(30-2)15-24(21)31-3/h4-6,10-13,15,18,23H,7-9,14,16-17H2,1-3H3/t18-,23-/m0/s1. The van der Waals surface area contributed by atoms with E-state index in [2.05, 4.69) is 24.0 Å². The third-order valence-corrected chi connectivity index (χ3v) is 6.35. The van der Waals surface area contributed by atoms with Gasteiger partial charge in [-0.3, -0.25) is 9.69 Å². The van der Waals surface area contributed by atoms with Crippen LogP contribution in [0.15, 0.2) is 53.6 Å². The minimum atomic E-state index is -0.115. The second-order valence-corrected chi connectivity index (χ2v) is 8.30. The van der Waals surface area contributed by atoms with Crippen molar-refractivity contribution in [3.8, 4) is 11.5 Å². The van der Waals surface area contributed by atoms with Crippen LogP contribution in [-0.2, 0) is 4.79 Å². The molecule has 2 atom stereocenters. The van der Waals surface area contributed by atoms with Crippen molar-refractivity contribution in [3.63, 3.8) is 0 Å². The summed E-state index contributed by atoms with van der Waals surface area (Å²) in [5.41, 5.74) is 2.84. The normalized spacial score (nSPS) is 21.6. The Bertz CT molecular complexity index is 944. The van der Waals surface area contributed by atoms with Gasteiger partial charge < -0.3 is 9.47 Å². The molecule has 2 aliphatic heterocycles. The molecule has 31 heavy (non-hydrogen) atoms. The van der Waals surface area contributed by atoms with E-state index in [1.165, 1.54) is 6.42 Å². The number of hydrazone groups is 1. The summed E-state index contributed by atoms with van der Waals surface area (Å²) in [7, 11) is 3.28. The van der Waals surface area contributed by atoms with E-state index in [0.29, 0.717) is 24.8 Å². The molecule has 1 saturated heterocycles. The van der Waals surface area contributed by atoms with Crippen LogP contribution in [0, 0.1) is 0 Å². The number of methoxy groups -OCH3 is 2. The van der Waals surface area contributed by atoms with Gasteiger partial charge in [-0.15, -0.1) is 0 Å². The Kier molecular flexibility index (Phi) is 6.56. The quantitative estimate of drug-likeness (QED) is 0.700. The predicted molar refractivity (Wildman–Crippen MR) is 122 cm³/mol. The Morgan fingerprint density at radius 1 is 1.10 bits per heavy atom. The van der Waals surface area contributed by atoms with E-state index in [4.69, 9.17) is 14.6 Å². The molecule has 2 aromatic carbocycles. The summed E-state index contributed by atoms with van der Waals surface area (Å²) in [6.45, 7) is 3.59. The lowest BCUT2D eigenvalue weighted by Gasteiger charge is -2.34. The number of rotatable bonds is 6. The highest BCUT2D eigenvalue weighted by molar-refractivity contribution is 6.05. The van der Waals surface area contributed by atoms with Crippen molar-refractivity contribution in [2.75, 3.05) is 27.3 Å². The monoisotopic (exact) mass is 421 g/mol. The topological polar surface area (TPSA) is 54.4 Å². The first kappa shape index (κ1) is 21.4. The Balaban J connectivity index is 1.64. The van der Waals surface area contributed by atoms with Gasteiger partial charge in [-0.2, -0.15) is 5.10 Å². The summed E-state index contributed by atoms with van der Waals surface area (Å²) < 4.78 is 10.9. The Hall–Kier alpha value is -2.86. The summed E-state index contributed by atoms with van der Waals surface area (Å²) in [4.78, 5) is 15.7. The smallest absolute Gasteiger partial charge is 0.257 e. The zero-order valence-electron chi connectivity index (χ0n) is 18.6. The van der Waals surface area contributed by atoms with Crippen LogP contribution in [0.4, 0.5) is 0 Å².